The Kier molecular flexibility index (Phi) is 4.48. The van der Waals surface area contributed by atoms with Gasteiger partial charge in [0.2, 0.25) is 0 Å². The van der Waals surface area contributed by atoms with E-state index in [1.54, 1.807) is 0 Å². The molecule has 1 N–H and O–H groups in total. The number of hydrogen-bond acceptors (Lipinski definition) is 4. The number of rotatable bonds is 5. The number of nitrogens with zero attached hydrogens (tertiary/aromatic N) is 2. The summed E-state index contributed by atoms with van der Waals surface area (Å²) in [6.07, 6.45) is -4.35. The Morgan fingerprint density at radius 1 is 1.38 bits per heavy atom. The van der Waals surface area contributed by atoms with Gasteiger partial charge in [-0.3, -0.25) is 9.69 Å². The van der Waals surface area contributed by atoms with E-state index >= 15 is 0 Å². The smallest absolute Gasteiger partial charge is 0.414 e. The van der Waals surface area contributed by atoms with Crippen molar-refractivity contribution in [2.24, 2.45) is 0 Å². The number of hydrogen-bond donors (Lipinski definition) is 1. The van der Waals surface area contributed by atoms with Crippen molar-refractivity contribution in [2.75, 3.05) is 18.0 Å². The molecule has 1 unspecified atom stereocenters. The summed E-state index contributed by atoms with van der Waals surface area (Å²) in [6.45, 7) is -0.532. The van der Waals surface area contributed by atoms with E-state index in [9.17, 15) is 27.2 Å². The largest absolute Gasteiger partial charge is 0.442 e. The lowest BCUT2D eigenvalue weighted by molar-refractivity contribution is -0.132. The Hall–Kier alpha value is -2.83. The first-order valence-electron chi connectivity index (χ1n) is 7.72. The maximum absolute atomic E-state index is 14.3. The van der Waals surface area contributed by atoms with Crippen LogP contribution in [0.25, 0.3) is 0 Å². The van der Waals surface area contributed by atoms with Gasteiger partial charge < -0.3 is 10.1 Å². The van der Waals surface area contributed by atoms with Crippen LogP contribution in [-0.2, 0) is 14.9 Å². The van der Waals surface area contributed by atoms with Crippen LogP contribution < -0.4 is 10.2 Å². The number of alkyl halides is 2. The zero-order valence-electron chi connectivity index (χ0n) is 13.3. The van der Waals surface area contributed by atoms with Gasteiger partial charge in [-0.25, -0.2) is 13.6 Å². The van der Waals surface area contributed by atoms with E-state index in [2.05, 4.69) is 0 Å². The van der Waals surface area contributed by atoms with Crippen molar-refractivity contribution < 1.29 is 31.9 Å². The van der Waals surface area contributed by atoms with E-state index in [0.29, 0.717) is 12.8 Å². The Bertz CT molecular complexity index is 781. The molecule has 0 bridgehead atoms. The van der Waals surface area contributed by atoms with Gasteiger partial charge in [-0.2, -0.15) is 14.0 Å². The predicted molar refractivity (Wildman–Crippen MR) is 79.5 cm³/mol. The van der Waals surface area contributed by atoms with Gasteiger partial charge >= 0.3 is 12.5 Å². The van der Waals surface area contributed by atoms with Crippen LogP contribution in [0.4, 0.5) is 28.0 Å². The van der Waals surface area contributed by atoms with Gasteiger partial charge in [0, 0.05) is 5.56 Å². The second-order valence-electron chi connectivity index (χ2n) is 6.14. The number of nitriles is 1. The first-order valence-corrected chi connectivity index (χ1v) is 7.72. The molecule has 1 heterocycles. The Morgan fingerprint density at radius 2 is 2.00 bits per heavy atom. The molecule has 1 aromatic carbocycles. The summed E-state index contributed by atoms with van der Waals surface area (Å²) >= 11 is 0. The molecule has 1 saturated heterocycles. The molecule has 2 fully saturated rings. The predicted octanol–water partition coefficient (Wildman–Crippen LogP) is 2.23. The molecule has 3 rings (SSSR count). The number of ether oxygens (including phenoxy) is 1. The first kappa shape index (κ1) is 18.0. The van der Waals surface area contributed by atoms with Gasteiger partial charge in [0.15, 0.2) is 0 Å². The number of carbonyl (C=O) groups excluding carboxylic acids is 2. The zero-order valence-corrected chi connectivity index (χ0v) is 13.3. The van der Waals surface area contributed by atoms with Crippen LogP contribution in [0.3, 0.4) is 0 Å². The van der Waals surface area contributed by atoms with Crippen LogP contribution in [0.2, 0.25) is 0 Å². The number of carbonyl (C=O) groups is 2. The van der Waals surface area contributed by atoms with Crippen LogP contribution in [0.1, 0.15) is 18.4 Å². The highest BCUT2D eigenvalue weighted by Gasteiger charge is 2.49. The van der Waals surface area contributed by atoms with E-state index in [4.69, 9.17) is 10.00 Å². The molecule has 6 nitrogen and oxygen atoms in total. The second-order valence-corrected chi connectivity index (χ2v) is 6.14. The molecule has 2 aliphatic rings. The van der Waals surface area contributed by atoms with Crippen molar-refractivity contribution in [3.63, 3.8) is 0 Å². The molecular weight excluding hydrogens is 358 g/mol. The van der Waals surface area contributed by atoms with Crippen molar-refractivity contribution in [1.82, 2.24) is 5.32 Å². The lowest BCUT2D eigenvalue weighted by Crippen LogP contribution is -2.37. The average molecular weight is 371 g/mol. The third kappa shape index (κ3) is 3.16. The number of cyclic esters (lactones) is 1. The summed E-state index contributed by atoms with van der Waals surface area (Å²) in [5.41, 5.74) is -1.61. The van der Waals surface area contributed by atoms with Crippen LogP contribution in [0.5, 0.6) is 0 Å². The SMILES string of the molecule is N#CC1(c2c(F)cc(N3CC(CNC(=O)C(F)F)OC3=O)cc2F)CC1. The second kappa shape index (κ2) is 6.48. The monoisotopic (exact) mass is 371 g/mol. The van der Waals surface area contributed by atoms with Crippen molar-refractivity contribution in [3.8, 4) is 6.07 Å². The lowest BCUT2D eigenvalue weighted by atomic mass is 9.96. The van der Waals surface area contributed by atoms with Crippen molar-refractivity contribution in [3.05, 3.63) is 29.3 Å². The summed E-state index contributed by atoms with van der Waals surface area (Å²) < 4.78 is 57.9. The number of anilines is 1. The highest BCUT2D eigenvalue weighted by atomic mass is 19.3. The summed E-state index contributed by atoms with van der Waals surface area (Å²) in [6, 6.07) is 3.76. The highest BCUT2D eigenvalue weighted by Crippen LogP contribution is 2.50. The molecule has 1 atom stereocenters. The molecule has 26 heavy (non-hydrogen) atoms. The van der Waals surface area contributed by atoms with Crippen LogP contribution in [0.15, 0.2) is 12.1 Å². The molecule has 138 valence electrons. The number of halogens is 4. The van der Waals surface area contributed by atoms with Gasteiger partial charge in [0.1, 0.15) is 17.7 Å². The molecule has 1 saturated carbocycles. The third-order valence-corrected chi connectivity index (χ3v) is 4.36. The van der Waals surface area contributed by atoms with E-state index in [0.717, 1.165) is 17.0 Å². The molecular formula is C16H13F4N3O3. The van der Waals surface area contributed by atoms with Gasteiger partial charge in [-0.15, -0.1) is 0 Å². The summed E-state index contributed by atoms with van der Waals surface area (Å²) in [4.78, 5) is 23.7. The van der Waals surface area contributed by atoms with Crippen molar-refractivity contribution >= 4 is 17.7 Å². The molecule has 2 amide bonds. The van der Waals surface area contributed by atoms with E-state index in [1.807, 2.05) is 11.4 Å². The average Bonchev–Trinajstić information content (AvgIpc) is 3.27. The molecule has 1 aliphatic carbocycles. The number of benzene rings is 1. The molecule has 0 spiro atoms. The number of nitrogens with one attached hydrogen (secondary N) is 1. The highest BCUT2D eigenvalue weighted by molar-refractivity contribution is 5.90. The maximum Gasteiger partial charge on any atom is 0.414 e. The van der Waals surface area contributed by atoms with Crippen molar-refractivity contribution in [2.45, 2.75) is 30.8 Å². The fraction of sp³-hybridized carbons (Fsp3) is 0.438. The molecule has 0 aromatic heterocycles. The van der Waals surface area contributed by atoms with E-state index in [-0.39, 0.29) is 24.3 Å². The Morgan fingerprint density at radius 3 is 2.50 bits per heavy atom. The summed E-state index contributed by atoms with van der Waals surface area (Å²) in [5, 5.41) is 11.0. The van der Waals surface area contributed by atoms with E-state index < -0.39 is 41.6 Å². The zero-order chi connectivity index (χ0) is 19.1. The standard InChI is InChI=1S/C16H13F4N3O3/c17-10-3-8(4-11(18)12(10)16(7-21)1-2-16)23-6-9(26-15(23)25)5-22-14(24)13(19)20/h3-4,9,13H,1-2,5-6H2,(H,22,24). The van der Waals surface area contributed by atoms with Gasteiger partial charge in [-0.1, -0.05) is 0 Å². The fourth-order valence-corrected chi connectivity index (χ4v) is 2.85. The van der Waals surface area contributed by atoms with Crippen LogP contribution >= 0.6 is 0 Å². The van der Waals surface area contributed by atoms with E-state index in [1.165, 1.54) is 0 Å². The molecule has 1 aliphatic heterocycles. The fourth-order valence-electron chi connectivity index (χ4n) is 2.85. The molecule has 10 heteroatoms. The lowest BCUT2D eigenvalue weighted by Gasteiger charge is -2.16. The van der Waals surface area contributed by atoms with Crippen LogP contribution in [0, 0.1) is 23.0 Å². The normalized spacial score (nSPS) is 20.7. The maximum atomic E-state index is 14.3. The topological polar surface area (TPSA) is 82.4 Å². The quantitative estimate of drug-likeness (QED) is 0.805. The number of amides is 2. The minimum absolute atomic E-state index is 0.120. The minimum atomic E-state index is -3.20. The summed E-state index contributed by atoms with van der Waals surface area (Å²) in [5.74, 6) is -3.39. The van der Waals surface area contributed by atoms with Gasteiger partial charge in [0.05, 0.1) is 30.3 Å². The minimum Gasteiger partial charge on any atom is -0.442 e. The first-order chi connectivity index (χ1) is 12.3. The van der Waals surface area contributed by atoms with Crippen molar-refractivity contribution in [1.29, 1.82) is 5.26 Å². The van der Waals surface area contributed by atoms with Crippen LogP contribution in [-0.4, -0.2) is 37.6 Å². The Labute approximate surface area is 145 Å². The summed E-state index contributed by atoms with van der Waals surface area (Å²) in [7, 11) is 0. The Balaban J connectivity index is 1.75. The third-order valence-electron chi connectivity index (χ3n) is 4.36. The molecule has 1 aromatic rings. The molecule has 0 radical (unpaired) electrons. The van der Waals surface area contributed by atoms with Gasteiger partial charge in [0.25, 0.3) is 5.91 Å². The van der Waals surface area contributed by atoms with Gasteiger partial charge in [-0.05, 0) is 25.0 Å².